The summed E-state index contributed by atoms with van der Waals surface area (Å²) >= 11 is 0. The molecule has 1 saturated heterocycles. The lowest BCUT2D eigenvalue weighted by atomic mass is 9.90. The highest BCUT2D eigenvalue weighted by Gasteiger charge is 2.42. The average molecular weight is 397 g/mol. The molecule has 0 radical (unpaired) electrons. The number of anilines is 1. The molecular formula is C18H27N3O5S. The summed E-state index contributed by atoms with van der Waals surface area (Å²) in [4.78, 5) is 25.4. The second-order valence-corrected chi connectivity index (χ2v) is 9.90. The molecule has 1 unspecified atom stereocenters. The third-order valence-corrected chi connectivity index (χ3v) is 6.44. The van der Waals surface area contributed by atoms with Crippen molar-refractivity contribution < 1.29 is 23.1 Å². The van der Waals surface area contributed by atoms with Crippen molar-refractivity contribution in [2.45, 2.75) is 51.5 Å². The van der Waals surface area contributed by atoms with Crippen molar-refractivity contribution >= 4 is 27.7 Å². The van der Waals surface area contributed by atoms with Crippen molar-refractivity contribution in [3.8, 4) is 0 Å². The molecule has 0 bridgehead atoms. The van der Waals surface area contributed by atoms with Crippen LogP contribution >= 0.6 is 0 Å². The zero-order valence-corrected chi connectivity index (χ0v) is 17.1. The van der Waals surface area contributed by atoms with Gasteiger partial charge in [-0.05, 0) is 58.7 Å². The fraction of sp³-hybridized carbons (Fsp3) is 0.556. The van der Waals surface area contributed by atoms with Crippen LogP contribution in [-0.2, 0) is 14.8 Å². The summed E-state index contributed by atoms with van der Waals surface area (Å²) < 4.78 is 27.8. The van der Waals surface area contributed by atoms with E-state index in [4.69, 9.17) is 0 Å². The highest BCUT2D eigenvalue weighted by Crippen LogP contribution is 2.31. The number of carboxylic acid groups (broad SMARTS) is 1. The van der Waals surface area contributed by atoms with Gasteiger partial charge >= 0.3 is 12.0 Å². The number of rotatable bonds is 4. The van der Waals surface area contributed by atoms with Crippen LogP contribution in [0.2, 0.25) is 0 Å². The number of nitrogens with one attached hydrogen (secondary N) is 2. The third kappa shape index (κ3) is 4.78. The van der Waals surface area contributed by atoms with Gasteiger partial charge in [0.25, 0.3) is 0 Å². The zero-order chi connectivity index (χ0) is 20.6. The first-order valence-corrected chi connectivity index (χ1v) is 10.2. The van der Waals surface area contributed by atoms with Gasteiger partial charge in [-0.2, -0.15) is 0 Å². The van der Waals surface area contributed by atoms with E-state index >= 15 is 0 Å². The molecule has 150 valence electrons. The minimum absolute atomic E-state index is 0.0898. The van der Waals surface area contributed by atoms with Gasteiger partial charge in [0, 0.05) is 24.3 Å². The third-order valence-electron chi connectivity index (χ3n) is 4.53. The van der Waals surface area contributed by atoms with E-state index in [-0.39, 0.29) is 11.4 Å². The average Bonchev–Trinajstić information content (AvgIpc) is 2.91. The quantitative estimate of drug-likeness (QED) is 0.721. The monoisotopic (exact) mass is 397 g/mol. The lowest BCUT2D eigenvalue weighted by molar-refractivity contribution is -0.146. The van der Waals surface area contributed by atoms with Crippen LogP contribution in [0.1, 0.15) is 39.7 Å². The van der Waals surface area contributed by atoms with E-state index in [0.717, 1.165) is 0 Å². The van der Waals surface area contributed by atoms with Gasteiger partial charge in [-0.15, -0.1) is 0 Å². The topological polar surface area (TPSA) is 116 Å². The highest BCUT2D eigenvalue weighted by molar-refractivity contribution is 7.89. The number of sulfonamides is 1. The number of carboxylic acids is 1. The van der Waals surface area contributed by atoms with Gasteiger partial charge in [-0.1, -0.05) is 6.07 Å². The van der Waals surface area contributed by atoms with Crippen molar-refractivity contribution in [2.24, 2.45) is 5.41 Å². The number of carbonyl (C=O) groups excluding carboxylic acids is 1. The minimum atomic E-state index is -3.75. The van der Waals surface area contributed by atoms with E-state index in [9.17, 15) is 23.1 Å². The summed E-state index contributed by atoms with van der Waals surface area (Å²) in [5.74, 6) is -0.935. The number of hydrogen-bond donors (Lipinski definition) is 3. The summed E-state index contributed by atoms with van der Waals surface area (Å²) in [6, 6.07) is 4.22. The maximum atomic E-state index is 12.6. The molecule has 9 heteroatoms. The Kier molecular flexibility index (Phi) is 5.58. The number of aliphatic carboxylic acids is 1. The molecule has 1 fully saturated rings. The van der Waals surface area contributed by atoms with Gasteiger partial charge in [-0.25, -0.2) is 17.9 Å². The predicted molar refractivity (Wildman–Crippen MR) is 102 cm³/mol. The fourth-order valence-electron chi connectivity index (χ4n) is 3.00. The number of amides is 2. The van der Waals surface area contributed by atoms with Crippen LogP contribution in [0.4, 0.5) is 10.5 Å². The summed E-state index contributed by atoms with van der Waals surface area (Å²) in [5, 5.41) is 12.0. The second-order valence-electron chi connectivity index (χ2n) is 8.25. The van der Waals surface area contributed by atoms with Gasteiger partial charge in [0.1, 0.15) is 0 Å². The van der Waals surface area contributed by atoms with Crippen LogP contribution in [0.3, 0.4) is 0 Å². The molecule has 0 aromatic heterocycles. The summed E-state index contributed by atoms with van der Waals surface area (Å²) in [6.45, 7) is 8.92. The lowest BCUT2D eigenvalue weighted by Crippen LogP contribution is -2.40. The number of hydrogen-bond acceptors (Lipinski definition) is 4. The van der Waals surface area contributed by atoms with Crippen molar-refractivity contribution in [3.63, 3.8) is 0 Å². The molecule has 1 heterocycles. The summed E-state index contributed by atoms with van der Waals surface area (Å²) in [5.41, 5.74) is -0.807. The van der Waals surface area contributed by atoms with Gasteiger partial charge in [0.2, 0.25) is 10.0 Å². The number of urea groups is 1. The van der Waals surface area contributed by atoms with Crippen LogP contribution in [0.25, 0.3) is 0 Å². The van der Waals surface area contributed by atoms with Gasteiger partial charge < -0.3 is 15.3 Å². The maximum absolute atomic E-state index is 12.6. The molecule has 0 saturated carbocycles. The molecule has 0 aliphatic carbocycles. The molecule has 1 atom stereocenters. The number of carbonyl (C=O) groups is 2. The largest absolute Gasteiger partial charge is 0.481 e. The molecule has 2 amide bonds. The molecule has 3 N–H and O–H groups in total. The van der Waals surface area contributed by atoms with Crippen LogP contribution in [-0.4, -0.2) is 49.1 Å². The first-order chi connectivity index (χ1) is 12.3. The Morgan fingerprint density at radius 3 is 2.41 bits per heavy atom. The predicted octanol–water partition coefficient (Wildman–Crippen LogP) is 2.40. The van der Waals surface area contributed by atoms with Gasteiger partial charge in [0.05, 0.1) is 10.3 Å². The fourth-order valence-corrected chi connectivity index (χ4v) is 4.69. The van der Waals surface area contributed by atoms with E-state index in [0.29, 0.717) is 24.2 Å². The Labute approximate surface area is 160 Å². The van der Waals surface area contributed by atoms with E-state index in [1.54, 1.807) is 46.8 Å². The molecule has 2 rings (SSSR count). The van der Waals surface area contributed by atoms with Crippen LogP contribution in [0, 0.1) is 12.3 Å². The van der Waals surface area contributed by atoms with Crippen molar-refractivity contribution in [3.05, 3.63) is 23.8 Å². The molecular weight excluding hydrogens is 370 g/mol. The Morgan fingerprint density at radius 1 is 1.26 bits per heavy atom. The molecule has 0 spiro atoms. The van der Waals surface area contributed by atoms with Gasteiger partial charge in [-0.3, -0.25) is 4.79 Å². The van der Waals surface area contributed by atoms with E-state index in [2.05, 4.69) is 10.0 Å². The first kappa shape index (κ1) is 21.2. The van der Waals surface area contributed by atoms with E-state index in [1.807, 2.05) is 0 Å². The van der Waals surface area contributed by atoms with Crippen LogP contribution in [0.5, 0.6) is 0 Å². The number of benzene rings is 1. The molecule has 1 aromatic carbocycles. The molecule has 8 nitrogen and oxygen atoms in total. The molecule has 1 aliphatic heterocycles. The molecule has 1 aromatic rings. The maximum Gasteiger partial charge on any atom is 0.321 e. The van der Waals surface area contributed by atoms with E-state index < -0.39 is 33.0 Å². The van der Waals surface area contributed by atoms with Crippen molar-refractivity contribution in [1.82, 2.24) is 9.62 Å². The Morgan fingerprint density at radius 2 is 1.89 bits per heavy atom. The molecule has 1 aliphatic rings. The second kappa shape index (κ2) is 7.12. The van der Waals surface area contributed by atoms with Crippen LogP contribution < -0.4 is 10.0 Å². The van der Waals surface area contributed by atoms with Crippen molar-refractivity contribution in [1.29, 1.82) is 0 Å². The summed E-state index contributed by atoms with van der Waals surface area (Å²) in [6.07, 6.45) is 0.374. The Hall–Kier alpha value is -2.13. The standard InChI is InChI=1S/C18H27N3O5S/c1-12-13(7-6-8-14(12)27(25,26)20-17(2,3)4)19-16(24)21-10-9-18(5,11-21)15(22)23/h6-8,20H,9-11H2,1-5H3,(H,19,24)(H,22,23). The Bertz CT molecular complexity index is 860. The molecule has 27 heavy (non-hydrogen) atoms. The Balaban J connectivity index is 2.22. The number of likely N-dealkylation sites (tertiary alicyclic amines) is 1. The van der Waals surface area contributed by atoms with Crippen LogP contribution in [0.15, 0.2) is 23.1 Å². The summed E-state index contributed by atoms with van der Waals surface area (Å²) in [7, 11) is -3.75. The minimum Gasteiger partial charge on any atom is -0.481 e. The normalized spacial score (nSPS) is 20.6. The number of nitrogens with zero attached hydrogens (tertiary/aromatic N) is 1. The van der Waals surface area contributed by atoms with E-state index in [1.165, 1.54) is 11.0 Å². The highest BCUT2D eigenvalue weighted by atomic mass is 32.2. The zero-order valence-electron chi connectivity index (χ0n) is 16.3. The lowest BCUT2D eigenvalue weighted by Gasteiger charge is -2.23. The SMILES string of the molecule is Cc1c(NC(=O)N2CCC(C)(C(=O)O)C2)cccc1S(=O)(=O)NC(C)(C)C. The van der Waals surface area contributed by atoms with Crippen molar-refractivity contribution in [2.75, 3.05) is 18.4 Å². The first-order valence-electron chi connectivity index (χ1n) is 8.68. The smallest absolute Gasteiger partial charge is 0.321 e. The van der Waals surface area contributed by atoms with Gasteiger partial charge in [0.15, 0.2) is 0 Å².